The maximum Gasteiger partial charge on any atom is 0.433 e. The summed E-state index contributed by atoms with van der Waals surface area (Å²) in [5.74, 6) is -0.504. The summed E-state index contributed by atoms with van der Waals surface area (Å²) >= 11 is 0. The van der Waals surface area contributed by atoms with Crippen LogP contribution >= 0.6 is 0 Å². The van der Waals surface area contributed by atoms with Gasteiger partial charge in [-0.15, -0.1) is 0 Å². The van der Waals surface area contributed by atoms with Crippen LogP contribution in [0.25, 0.3) is 16.3 Å². The third-order valence-electron chi connectivity index (χ3n) is 5.18. The van der Waals surface area contributed by atoms with Gasteiger partial charge in [0, 0.05) is 58.5 Å². The average molecular weight is 514 g/mol. The quantitative estimate of drug-likeness (QED) is 0.183. The number of anilines is 1. The highest BCUT2D eigenvalue weighted by Gasteiger charge is 2.33. The van der Waals surface area contributed by atoms with Gasteiger partial charge < -0.3 is 5.32 Å². The number of halogens is 6. The highest BCUT2D eigenvalue weighted by molar-refractivity contribution is 6.06. The van der Waals surface area contributed by atoms with Gasteiger partial charge in [0.25, 0.3) is 0 Å². The van der Waals surface area contributed by atoms with Crippen molar-refractivity contribution in [3.05, 3.63) is 114 Å². The first-order valence-corrected chi connectivity index (χ1v) is 10.6. The zero-order valence-electron chi connectivity index (χ0n) is 18.7. The van der Waals surface area contributed by atoms with Crippen molar-refractivity contribution in [3.8, 4) is 0 Å². The number of nitrogens with one attached hydrogen (secondary N) is 1. The van der Waals surface area contributed by atoms with E-state index < -0.39 is 29.6 Å². The van der Waals surface area contributed by atoms with Crippen LogP contribution in [0.5, 0.6) is 0 Å². The molecule has 0 saturated carbocycles. The van der Waals surface area contributed by atoms with Crippen LogP contribution in [0.4, 0.5) is 32.0 Å². The molecule has 5 nitrogen and oxygen atoms in total. The van der Waals surface area contributed by atoms with E-state index in [1.54, 1.807) is 30.6 Å². The molecule has 188 valence electrons. The van der Waals surface area contributed by atoms with Gasteiger partial charge in [-0.3, -0.25) is 19.7 Å². The molecule has 1 amide bonds. The van der Waals surface area contributed by atoms with Gasteiger partial charge in [-0.05, 0) is 29.8 Å². The van der Waals surface area contributed by atoms with Crippen LogP contribution in [0.2, 0.25) is 0 Å². The number of allylic oxidation sites excluding steroid dienone is 2. The molecule has 0 fully saturated rings. The number of amides is 1. The van der Waals surface area contributed by atoms with Gasteiger partial charge in [-0.25, -0.2) is 0 Å². The minimum atomic E-state index is -4.66. The van der Waals surface area contributed by atoms with Crippen molar-refractivity contribution in [2.24, 2.45) is 0 Å². The van der Waals surface area contributed by atoms with Crippen LogP contribution < -0.4 is 5.32 Å². The number of aromatic nitrogens is 3. The molecule has 3 aromatic heterocycles. The standard InChI is InChI=1S/C26H16F6N4O/c27-25(28,29)22-9-7-17(14-34-22)19(18-8-10-23(35-15-18)26(30,31)32)4-2-6-24(37)36-21-5-1-3-16-13-33-12-11-20(16)21/h1-15H,(H,36,37). The SMILES string of the molecule is O=C(C=CC=C(c1ccc(C(F)(F)F)nc1)c1ccc(C(F)(F)F)nc1)Nc1cccc2cnccc12. The van der Waals surface area contributed by atoms with E-state index in [9.17, 15) is 31.1 Å². The Labute approximate surface area is 206 Å². The summed E-state index contributed by atoms with van der Waals surface area (Å²) in [6, 6.07) is 10.8. The third kappa shape index (κ3) is 6.18. The van der Waals surface area contributed by atoms with Crippen LogP contribution in [0.1, 0.15) is 22.5 Å². The number of alkyl halides is 6. The summed E-state index contributed by atoms with van der Waals surface area (Å²) in [5, 5.41) is 4.31. The lowest BCUT2D eigenvalue weighted by atomic mass is 9.99. The first-order valence-electron chi connectivity index (χ1n) is 10.6. The number of carbonyl (C=O) groups is 1. The zero-order chi connectivity index (χ0) is 26.6. The second-order valence-corrected chi connectivity index (χ2v) is 7.69. The molecule has 3 heterocycles. The smallest absolute Gasteiger partial charge is 0.322 e. The fraction of sp³-hybridized carbons (Fsp3) is 0.0769. The van der Waals surface area contributed by atoms with Gasteiger partial charge in [0.2, 0.25) is 5.91 Å². The molecule has 0 spiro atoms. The van der Waals surface area contributed by atoms with E-state index in [2.05, 4.69) is 20.3 Å². The van der Waals surface area contributed by atoms with E-state index in [1.165, 1.54) is 18.2 Å². The van der Waals surface area contributed by atoms with Gasteiger partial charge in [0.15, 0.2) is 0 Å². The Morgan fingerprint density at radius 1 is 0.784 bits per heavy atom. The Kier molecular flexibility index (Phi) is 7.05. The first-order chi connectivity index (χ1) is 17.5. The minimum Gasteiger partial charge on any atom is -0.322 e. The topological polar surface area (TPSA) is 67.8 Å². The highest BCUT2D eigenvalue weighted by atomic mass is 19.4. The predicted octanol–water partition coefficient (Wildman–Crippen LogP) is 6.69. The molecule has 11 heteroatoms. The summed E-state index contributed by atoms with van der Waals surface area (Å²) < 4.78 is 77.5. The van der Waals surface area contributed by atoms with Crippen LogP contribution in [0.3, 0.4) is 0 Å². The number of hydrogen-bond acceptors (Lipinski definition) is 4. The molecule has 0 radical (unpaired) electrons. The van der Waals surface area contributed by atoms with Gasteiger partial charge >= 0.3 is 12.4 Å². The lowest BCUT2D eigenvalue weighted by Gasteiger charge is -2.11. The van der Waals surface area contributed by atoms with Crippen molar-refractivity contribution < 1.29 is 31.1 Å². The molecule has 37 heavy (non-hydrogen) atoms. The average Bonchev–Trinajstić information content (AvgIpc) is 2.86. The Bertz CT molecular complexity index is 1410. The molecule has 1 N–H and O–H groups in total. The number of nitrogens with zero attached hydrogens (tertiary/aromatic N) is 3. The Morgan fingerprint density at radius 3 is 1.95 bits per heavy atom. The monoisotopic (exact) mass is 514 g/mol. The summed E-state index contributed by atoms with van der Waals surface area (Å²) in [7, 11) is 0. The Balaban J connectivity index is 1.63. The fourth-order valence-electron chi connectivity index (χ4n) is 3.44. The maximum absolute atomic E-state index is 12.9. The molecule has 0 aliphatic heterocycles. The number of fused-ring (bicyclic) bond motifs is 1. The molecule has 0 bridgehead atoms. The number of rotatable bonds is 5. The second-order valence-electron chi connectivity index (χ2n) is 7.69. The highest BCUT2D eigenvalue weighted by Crippen LogP contribution is 2.31. The molecule has 0 aliphatic rings. The molecule has 0 unspecified atom stereocenters. The summed E-state index contributed by atoms with van der Waals surface area (Å²) in [6.07, 6.45) is -0.315. The molecule has 4 rings (SSSR count). The molecular weight excluding hydrogens is 498 g/mol. The molecular formula is C26H16F6N4O. The van der Waals surface area contributed by atoms with Gasteiger partial charge in [-0.2, -0.15) is 26.3 Å². The first kappa shape index (κ1) is 25.5. The van der Waals surface area contributed by atoms with E-state index in [0.717, 1.165) is 47.4 Å². The predicted molar refractivity (Wildman–Crippen MR) is 125 cm³/mol. The van der Waals surface area contributed by atoms with E-state index in [-0.39, 0.29) is 16.7 Å². The van der Waals surface area contributed by atoms with Crippen molar-refractivity contribution in [2.45, 2.75) is 12.4 Å². The van der Waals surface area contributed by atoms with Crippen molar-refractivity contribution in [1.29, 1.82) is 0 Å². The zero-order valence-corrected chi connectivity index (χ0v) is 18.7. The van der Waals surface area contributed by atoms with Gasteiger partial charge in [0.1, 0.15) is 11.4 Å². The largest absolute Gasteiger partial charge is 0.433 e. The minimum absolute atomic E-state index is 0.182. The second kappa shape index (κ2) is 10.2. The van der Waals surface area contributed by atoms with E-state index in [4.69, 9.17) is 0 Å². The lowest BCUT2D eigenvalue weighted by molar-refractivity contribution is -0.141. The molecule has 1 aromatic carbocycles. The number of carbonyl (C=O) groups excluding carboxylic acids is 1. The van der Waals surface area contributed by atoms with Gasteiger partial charge in [0.05, 0.1) is 0 Å². The number of hydrogen-bond donors (Lipinski definition) is 1. The molecule has 0 saturated heterocycles. The van der Waals surface area contributed by atoms with E-state index in [0.29, 0.717) is 5.69 Å². The van der Waals surface area contributed by atoms with Crippen molar-refractivity contribution >= 4 is 27.9 Å². The normalized spacial score (nSPS) is 12.1. The maximum atomic E-state index is 12.9. The van der Waals surface area contributed by atoms with Crippen LogP contribution in [0, 0.1) is 0 Å². The molecule has 0 aliphatic carbocycles. The van der Waals surface area contributed by atoms with Crippen molar-refractivity contribution in [3.63, 3.8) is 0 Å². The van der Waals surface area contributed by atoms with Crippen molar-refractivity contribution in [1.82, 2.24) is 15.0 Å². The number of pyridine rings is 3. The van der Waals surface area contributed by atoms with Crippen LogP contribution in [-0.4, -0.2) is 20.9 Å². The third-order valence-corrected chi connectivity index (χ3v) is 5.18. The Morgan fingerprint density at radius 2 is 1.41 bits per heavy atom. The number of benzene rings is 1. The molecule has 4 aromatic rings. The van der Waals surface area contributed by atoms with Crippen LogP contribution in [0.15, 0.2) is 91.5 Å². The molecule has 0 atom stereocenters. The van der Waals surface area contributed by atoms with Crippen molar-refractivity contribution in [2.75, 3.05) is 5.32 Å². The summed E-state index contributed by atoms with van der Waals surface area (Å²) in [4.78, 5) is 23.3. The summed E-state index contributed by atoms with van der Waals surface area (Å²) in [5.41, 5.74) is -1.13. The Hall–Kier alpha value is -4.54. The van der Waals surface area contributed by atoms with E-state index >= 15 is 0 Å². The fourth-order valence-corrected chi connectivity index (χ4v) is 3.44. The summed E-state index contributed by atoms with van der Waals surface area (Å²) in [6.45, 7) is 0. The van der Waals surface area contributed by atoms with E-state index in [1.807, 2.05) is 6.07 Å². The van der Waals surface area contributed by atoms with Crippen LogP contribution in [-0.2, 0) is 17.1 Å². The lowest BCUT2D eigenvalue weighted by Crippen LogP contribution is -2.09. The van der Waals surface area contributed by atoms with Gasteiger partial charge in [-0.1, -0.05) is 36.4 Å².